The Balaban J connectivity index is 3.30. The fraction of sp³-hybridized carbons (Fsp3) is 0.667. The van der Waals surface area contributed by atoms with Crippen molar-refractivity contribution < 1.29 is 4.79 Å². The second-order valence-electron chi connectivity index (χ2n) is 1.89. The zero-order chi connectivity index (χ0) is 7.28. The molecule has 0 spiro atoms. The van der Waals surface area contributed by atoms with Crippen molar-refractivity contribution in [2.24, 2.45) is 0 Å². The molecule has 0 aliphatic heterocycles. The molecule has 3 heteroatoms. The molecule has 0 fully saturated rings. The summed E-state index contributed by atoms with van der Waals surface area (Å²) in [6, 6.07) is 0. The molecule has 0 saturated heterocycles. The van der Waals surface area contributed by atoms with Crippen LogP contribution >= 0.6 is 0 Å². The number of carbonyl (C=O) groups excluding carboxylic acids is 1. The first-order valence-corrected chi connectivity index (χ1v) is 2.76. The first-order valence-electron chi connectivity index (χ1n) is 2.76. The summed E-state index contributed by atoms with van der Waals surface area (Å²) in [5.74, 6) is 0.0606. The normalized spacial score (nSPS) is 12.1. The van der Waals surface area contributed by atoms with Crippen molar-refractivity contribution in [3.63, 3.8) is 0 Å². The van der Waals surface area contributed by atoms with Gasteiger partial charge in [-0.25, -0.2) is 11.9 Å². The van der Waals surface area contributed by atoms with Crippen molar-refractivity contribution in [1.82, 2.24) is 5.32 Å². The molecule has 0 saturated carbocycles. The van der Waals surface area contributed by atoms with E-state index in [-0.39, 0.29) is 11.9 Å². The van der Waals surface area contributed by atoms with Gasteiger partial charge in [0.1, 0.15) is 5.78 Å². The number of Topliss-reactive ketones (excluding diaryl/α,β-unsaturated/α-hetero) is 1. The van der Waals surface area contributed by atoms with Crippen molar-refractivity contribution in [3.8, 4) is 0 Å². The molecule has 50 valence electrons. The highest BCUT2D eigenvalue weighted by Gasteiger charge is 2.01. The number of ketones is 1. The third kappa shape index (κ3) is 4.98. The Bertz CT molecular complexity index is 136. The molecule has 0 rings (SSSR count). The monoisotopic (exact) mass is 126 g/mol. The molecule has 1 unspecified atom stereocenters. The number of rotatable bonds is 3. The summed E-state index contributed by atoms with van der Waals surface area (Å²) >= 11 is 0. The third-order valence-electron chi connectivity index (χ3n) is 0.840. The van der Waals surface area contributed by atoms with Crippen LogP contribution in [0.1, 0.15) is 13.8 Å². The van der Waals surface area contributed by atoms with Crippen molar-refractivity contribution in [3.05, 3.63) is 11.4 Å². The Hall–Kier alpha value is -0.880. The van der Waals surface area contributed by atoms with Crippen molar-refractivity contribution in [2.75, 3.05) is 6.54 Å². The van der Waals surface area contributed by atoms with Gasteiger partial charge in [0, 0.05) is 6.92 Å². The van der Waals surface area contributed by atoms with Gasteiger partial charge in [0.05, 0.1) is 6.54 Å². The Morgan fingerprint density at radius 1 is 1.89 bits per heavy atom. The molecular formula is C6H10N2O. The van der Waals surface area contributed by atoms with E-state index in [9.17, 15) is 4.79 Å². The molecule has 1 atom stereocenters. The molecule has 0 heterocycles. The predicted molar refractivity (Wildman–Crippen MR) is 34.7 cm³/mol. The lowest BCUT2D eigenvalue weighted by molar-refractivity contribution is -0.116. The summed E-state index contributed by atoms with van der Waals surface area (Å²) < 4.78 is 0. The minimum Gasteiger partial charge on any atom is -0.299 e. The predicted octanol–water partition coefficient (Wildman–Crippen LogP) is 0.430. The van der Waals surface area contributed by atoms with E-state index >= 15 is 0 Å². The van der Waals surface area contributed by atoms with Crippen LogP contribution in [0.25, 0.3) is 4.85 Å². The van der Waals surface area contributed by atoms with Crippen molar-refractivity contribution >= 4 is 5.78 Å². The van der Waals surface area contributed by atoms with E-state index in [0.29, 0.717) is 6.54 Å². The van der Waals surface area contributed by atoms with Crippen LogP contribution < -0.4 is 5.32 Å². The Labute approximate surface area is 54.9 Å². The largest absolute Gasteiger partial charge is 0.299 e. The second kappa shape index (κ2) is 4.04. The second-order valence-corrected chi connectivity index (χ2v) is 1.89. The van der Waals surface area contributed by atoms with Gasteiger partial charge in [-0.1, -0.05) is 0 Å². The van der Waals surface area contributed by atoms with Gasteiger partial charge in [0.25, 0.3) is 6.17 Å². The van der Waals surface area contributed by atoms with Crippen LogP contribution in [0, 0.1) is 6.57 Å². The molecule has 0 bridgehead atoms. The summed E-state index contributed by atoms with van der Waals surface area (Å²) in [7, 11) is 0. The van der Waals surface area contributed by atoms with Gasteiger partial charge in [0.15, 0.2) is 0 Å². The topological polar surface area (TPSA) is 33.5 Å². The van der Waals surface area contributed by atoms with E-state index in [0.717, 1.165) is 0 Å². The zero-order valence-corrected chi connectivity index (χ0v) is 5.64. The van der Waals surface area contributed by atoms with Gasteiger partial charge < -0.3 is 0 Å². The fourth-order valence-electron chi connectivity index (χ4n) is 0.337. The molecule has 1 N–H and O–H groups in total. The fourth-order valence-corrected chi connectivity index (χ4v) is 0.337. The third-order valence-corrected chi connectivity index (χ3v) is 0.840. The molecule has 9 heavy (non-hydrogen) atoms. The summed E-state index contributed by atoms with van der Waals surface area (Å²) in [6.45, 7) is 10.0. The number of hydrogen-bond donors (Lipinski definition) is 1. The van der Waals surface area contributed by atoms with Crippen LogP contribution in [0.4, 0.5) is 0 Å². The lowest BCUT2D eigenvalue weighted by atomic mass is 10.4. The SMILES string of the molecule is [C-]#[N+]C(C)NCC(C)=O. The maximum absolute atomic E-state index is 10.3. The zero-order valence-electron chi connectivity index (χ0n) is 5.64. The molecule has 0 aliphatic carbocycles. The van der Waals surface area contributed by atoms with Crippen molar-refractivity contribution in [2.45, 2.75) is 20.0 Å². The summed E-state index contributed by atoms with van der Waals surface area (Å²) in [6.07, 6.45) is -0.242. The number of nitrogens with one attached hydrogen (secondary N) is 1. The van der Waals surface area contributed by atoms with E-state index in [4.69, 9.17) is 6.57 Å². The maximum atomic E-state index is 10.3. The highest BCUT2D eigenvalue weighted by atomic mass is 16.1. The number of nitrogens with zero attached hydrogens (tertiary/aromatic N) is 1. The summed E-state index contributed by atoms with van der Waals surface area (Å²) in [5.41, 5.74) is 0. The Morgan fingerprint density at radius 2 is 2.44 bits per heavy atom. The lowest BCUT2D eigenvalue weighted by Gasteiger charge is -1.97. The van der Waals surface area contributed by atoms with E-state index in [1.165, 1.54) is 6.92 Å². The minimum absolute atomic E-state index is 0.0606. The molecular weight excluding hydrogens is 116 g/mol. The highest BCUT2D eigenvalue weighted by molar-refractivity contribution is 5.77. The van der Waals surface area contributed by atoms with Gasteiger partial charge in [-0.3, -0.25) is 9.64 Å². The Kier molecular flexibility index (Phi) is 3.65. The summed E-state index contributed by atoms with van der Waals surface area (Å²) in [4.78, 5) is 13.4. The van der Waals surface area contributed by atoms with Crippen LogP contribution in [0.3, 0.4) is 0 Å². The van der Waals surface area contributed by atoms with Crippen LogP contribution in [-0.2, 0) is 4.79 Å². The quantitative estimate of drug-likeness (QED) is 0.556. The average molecular weight is 126 g/mol. The van der Waals surface area contributed by atoms with Gasteiger partial charge in [0.2, 0.25) is 0 Å². The van der Waals surface area contributed by atoms with Crippen LogP contribution in [0.15, 0.2) is 0 Å². The van der Waals surface area contributed by atoms with Gasteiger partial charge in [-0.2, -0.15) is 0 Å². The van der Waals surface area contributed by atoms with Crippen molar-refractivity contribution in [1.29, 1.82) is 0 Å². The van der Waals surface area contributed by atoms with Gasteiger partial charge in [-0.05, 0) is 6.92 Å². The molecule has 0 aliphatic rings. The molecule has 0 amide bonds. The lowest BCUT2D eigenvalue weighted by Crippen LogP contribution is -2.27. The molecule has 0 radical (unpaired) electrons. The number of hydrogen-bond acceptors (Lipinski definition) is 2. The minimum atomic E-state index is -0.242. The standard InChI is InChI=1S/C6H10N2O/c1-5(9)4-8-6(2)7-3/h6,8H,4H2,1-2H3. The molecule has 0 aromatic heterocycles. The maximum Gasteiger partial charge on any atom is 0.274 e. The van der Waals surface area contributed by atoms with E-state index in [1.54, 1.807) is 6.92 Å². The smallest absolute Gasteiger partial charge is 0.274 e. The molecule has 0 aromatic rings. The first-order chi connectivity index (χ1) is 4.16. The first kappa shape index (κ1) is 8.12. The number of carbonyl (C=O) groups is 1. The average Bonchev–Trinajstić information content (AvgIpc) is 1.83. The van der Waals surface area contributed by atoms with E-state index in [2.05, 4.69) is 10.2 Å². The van der Waals surface area contributed by atoms with Crippen LogP contribution in [-0.4, -0.2) is 18.5 Å². The Morgan fingerprint density at radius 3 is 2.78 bits per heavy atom. The molecule has 0 aromatic carbocycles. The van der Waals surface area contributed by atoms with Crippen LogP contribution in [0.2, 0.25) is 0 Å². The van der Waals surface area contributed by atoms with E-state index in [1.807, 2.05) is 0 Å². The van der Waals surface area contributed by atoms with Crippen LogP contribution in [0.5, 0.6) is 0 Å². The summed E-state index contributed by atoms with van der Waals surface area (Å²) in [5, 5.41) is 2.73. The van der Waals surface area contributed by atoms with Gasteiger partial charge >= 0.3 is 0 Å². The highest BCUT2D eigenvalue weighted by Crippen LogP contribution is 1.79. The van der Waals surface area contributed by atoms with Gasteiger partial charge in [-0.15, -0.1) is 0 Å². The van der Waals surface area contributed by atoms with E-state index < -0.39 is 0 Å². The molecule has 3 nitrogen and oxygen atoms in total.